The van der Waals surface area contributed by atoms with Gasteiger partial charge in [0.1, 0.15) is 0 Å². The summed E-state index contributed by atoms with van der Waals surface area (Å²) in [6, 6.07) is 17.2. The van der Waals surface area contributed by atoms with E-state index < -0.39 is 0 Å². The fraction of sp³-hybridized carbons (Fsp3) is 0.259. The number of para-hydroxylation sites is 1. The number of nitrogens with zero attached hydrogens (tertiary/aromatic N) is 4. The van der Waals surface area contributed by atoms with Crippen LogP contribution in [0.15, 0.2) is 73.2 Å². The fourth-order valence-corrected chi connectivity index (χ4v) is 4.40. The maximum absolute atomic E-state index is 13.4. The SMILES string of the molecule is Cn1cc(C(=O)Nc2cccc(C(=O)N3CCOC[C@@H](Cc4cnc5ccccc5c4)C3)c2)cn1. The molecule has 0 bridgehead atoms. The minimum atomic E-state index is -0.269. The van der Waals surface area contributed by atoms with Crippen LogP contribution in [0.2, 0.25) is 0 Å². The van der Waals surface area contributed by atoms with Crippen LogP contribution in [-0.2, 0) is 18.2 Å². The Morgan fingerprint density at radius 3 is 2.83 bits per heavy atom. The van der Waals surface area contributed by atoms with Gasteiger partial charge in [-0.2, -0.15) is 5.10 Å². The lowest BCUT2D eigenvalue weighted by Gasteiger charge is -2.24. The number of aromatic nitrogens is 3. The molecule has 2 amide bonds. The molecule has 5 rings (SSSR count). The number of carbonyl (C=O) groups excluding carboxylic acids is 2. The number of rotatable bonds is 5. The molecule has 8 heteroatoms. The highest BCUT2D eigenvalue weighted by Gasteiger charge is 2.24. The Balaban J connectivity index is 1.27. The normalized spacial score (nSPS) is 16.1. The number of nitrogens with one attached hydrogen (secondary N) is 1. The monoisotopic (exact) mass is 469 g/mol. The maximum Gasteiger partial charge on any atom is 0.258 e. The average Bonchev–Trinajstić information content (AvgIpc) is 3.18. The third kappa shape index (κ3) is 5.38. The fourth-order valence-electron chi connectivity index (χ4n) is 4.40. The van der Waals surface area contributed by atoms with E-state index in [1.807, 2.05) is 29.3 Å². The molecule has 2 aromatic carbocycles. The molecule has 0 spiro atoms. The molecule has 0 radical (unpaired) electrons. The van der Waals surface area contributed by atoms with E-state index in [-0.39, 0.29) is 17.7 Å². The van der Waals surface area contributed by atoms with Crippen LogP contribution in [0.25, 0.3) is 10.9 Å². The van der Waals surface area contributed by atoms with E-state index in [0.717, 1.165) is 22.9 Å². The zero-order valence-corrected chi connectivity index (χ0v) is 19.6. The van der Waals surface area contributed by atoms with Crippen LogP contribution in [0.1, 0.15) is 26.3 Å². The quantitative estimate of drug-likeness (QED) is 0.483. The first kappa shape index (κ1) is 22.7. The largest absolute Gasteiger partial charge is 0.379 e. The number of carbonyl (C=O) groups is 2. The van der Waals surface area contributed by atoms with Gasteiger partial charge in [0.25, 0.3) is 11.8 Å². The van der Waals surface area contributed by atoms with Gasteiger partial charge in [0.2, 0.25) is 0 Å². The topological polar surface area (TPSA) is 89.4 Å². The number of hydrogen-bond acceptors (Lipinski definition) is 5. The Hall–Kier alpha value is -4.04. The van der Waals surface area contributed by atoms with E-state index in [2.05, 4.69) is 27.5 Å². The predicted molar refractivity (Wildman–Crippen MR) is 133 cm³/mol. The van der Waals surface area contributed by atoms with E-state index in [1.54, 1.807) is 42.2 Å². The summed E-state index contributed by atoms with van der Waals surface area (Å²) in [7, 11) is 1.75. The Bertz CT molecular complexity index is 1370. The molecule has 1 saturated heterocycles. The first-order chi connectivity index (χ1) is 17.0. The number of ether oxygens (including phenoxy) is 1. The van der Waals surface area contributed by atoms with Gasteiger partial charge in [0, 0.05) is 55.1 Å². The molecule has 4 aromatic rings. The van der Waals surface area contributed by atoms with E-state index in [1.165, 1.54) is 6.20 Å². The molecule has 8 nitrogen and oxygen atoms in total. The second kappa shape index (κ2) is 10.1. The highest BCUT2D eigenvalue weighted by atomic mass is 16.5. The summed E-state index contributed by atoms with van der Waals surface area (Å²) in [5, 5.41) is 7.98. The number of pyridine rings is 1. The van der Waals surface area contributed by atoms with Crippen molar-refractivity contribution in [3.8, 4) is 0 Å². The van der Waals surface area contributed by atoms with Gasteiger partial charge < -0.3 is 15.0 Å². The third-order valence-corrected chi connectivity index (χ3v) is 6.13. The highest BCUT2D eigenvalue weighted by molar-refractivity contribution is 6.04. The molecule has 2 aromatic heterocycles. The Morgan fingerprint density at radius 2 is 1.97 bits per heavy atom. The van der Waals surface area contributed by atoms with E-state index in [4.69, 9.17) is 4.74 Å². The Labute approximate surface area is 203 Å². The van der Waals surface area contributed by atoms with E-state index >= 15 is 0 Å². The minimum Gasteiger partial charge on any atom is -0.379 e. The smallest absolute Gasteiger partial charge is 0.258 e. The van der Waals surface area contributed by atoms with Gasteiger partial charge in [0.15, 0.2) is 0 Å². The molecule has 1 fully saturated rings. The van der Waals surface area contributed by atoms with Crippen molar-refractivity contribution < 1.29 is 14.3 Å². The highest BCUT2D eigenvalue weighted by Crippen LogP contribution is 2.20. The Kier molecular flexibility index (Phi) is 6.54. The van der Waals surface area contributed by atoms with Crippen LogP contribution in [0, 0.1) is 5.92 Å². The average molecular weight is 470 g/mol. The molecule has 35 heavy (non-hydrogen) atoms. The molecule has 0 unspecified atom stereocenters. The van der Waals surface area contributed by atoms with Crippen molar-refractivity contribution in [2.24, 2.45) is 13.0 Å². The van der Waals surface area contributed by atoms with Crippen LogP contribution in [0.4, 0.5) is 5.69 Å². The Morgan fingerprint density at radius 1 is 1.09 bits per heavy atom. The number of amides is 2. The lowest BCUT2D eigenvalue weighted by Crippen LogP contribution is -2.36. The summed E-state index contributed by atoms with van der Waals surface area (Å²) >= 11 is 0. The minimum absolute atomic E-state index is 0.0744. The predicted octanol–water partition coefficient (Wildman–Crippen LogP) is 3.55. The van der Waals surface area contributed by atoms with Gasteiger partial charge in [-0.05, 0) is 42.3 Å². The van der Waals surface area contributed by atoms with E-state index in [9.17, 15) is 9.59 Å². The molecule has 1 aliphatic heterocycles. The molecule has 3 heterocycles. The summed E-state index contributed by atoms with van der Waals surface area (Å²) in [4.78, 5) is 32.2. The van der Waals surface area contributed by atoms with Crippen LogP contribution >= 0.6 is 0 Å². The zero-order valence-electron chi connectivity index (χ0n) is 19.6. The van der Waals surface area contributed by atoms with Gasteiger partial charge in [-0.1, -0.05) is 24.3 Å². The molecule has 1 N–H and O–H groups in total. The van der Waals surface area contributed by atoms with Crippen LogP contribution in [-0.4, -0.2) is 57.8 Å². The molecule has 1 atom stereocenters. The summed E-state index contributed by atoms with van der Waals surface area (Å²) in [6.07, 6.45) is 5.84. The molecule has 1 aliphatic rings. The number of aryl methyl sites for hydroxylation is 1. The first-order valence-corrected chi connectivity index (χ1v) is 11.7. The number of hydrogen-bond donors (Lipinski definition) is 1. The maximum atomic E-state index is 13.4. The van der Waals surface area contributed by atoms with Gasteiger partial charge in [-0.3, -0.25) is 19.3 Å². The van der Waals surface area contributed by atoms with Gasteiger partial charge in [-0.25, -0.2) is 0 Å². The lowest BCUT2D eigenvalue weighted by atomic mass is 9.99. The second-order valence-corrected chi connectivity index (χ2v) is 8.87. The van der Waals surface area contributed by atoms with Crippen molar-refractivity contribution in [1.29, 1.82) is 0 Å². The molecule has 0 aliphatic carbocycles. The van der Waals surface area contributed by atoms with Crippen molar-refractivity contribution in [1.82, 2.24) is 19.7 Å². The van der Waals surface area contributed by atoms with E-state index in [0.29, 0.717) is 43.1 Å². The van der Waals surface area contributed by atoms with Crippen molar-refractivity contribution in [3.63, 3.8) is 0 Å². The summed E-state index contributed by atoms with van der Waals surface area (Å²) < 4.78 is 7.40. The van der Waals surface area contributed by atoms with Crippen LogP contribution in [0.3, 0.4) is 0 Å². The van der Waals surface area contributed by atoms with Gasteiger partial charge >= 0.3 is 0 Å². The lowest BCUT2D eigenvalue weighted by molar-refractivity contribution is 0.0737. The van der Waals surface area contributed by atoms with Crippen LogP contribution < -0.4 is 5.32 Å². The van der Waals surface area contributed by atoms with Crippen molar-refractivity contribution >= 4 is 28.4 Å². The third-order valence-electron chi connectivity index (χ3n) is 6.13. The zero-order chi connectivity index (χ0) is 24.2. The second-order valence-electron chi connectivity index (χ2n) is 8.87. The summed E-state index contributed by atoms with van der Waals surface area (Å²) in [5.74, 6) is -0.178. The van der Waals surface area contributed by atoms with Crippen molar-refractivity contribution in [2.75, 3.05) is 31.6 Å². The standard InChI is InChI=1S/C27H27N5O3/c1-31-17-23(15-29-31)26(33)30-24-7-4-6-22(13-24)27(34)32-9-10-35-18-20(16-32)11-19-12-21-5-2-3-8-25(21)28-14-19/h2-8,12-15,17,20H,9-11,16,18H2,1H3,(H,30,33)/t20-/m0/s1. The molecular formula is C27H27N5O3. The molecule has 0 saturated carbocycles. The summed E-state index contributed by atoms with van der Waals surface area (Å²) in [5.41, 5.74) is 3.66. The van der Waals surface area contributed by atoms with Gasteiger partial charge in [-0.15, -0.1) is 0 Å². The number of fused-ring (bicyclic) bond motifs is 1. The van der Waals surface area contributed by atoms with Gasteiger partial charge in [0.05, 0.1) is 30.5 Å². The first-order valence-electron chi connectivity index (χ1n) is 11.7. The van der Waals surface area contributed by atoms with Crippen molar-refractivity contribution in [2.45, 2.75) is 6.42 Å². The number of benzene rings is 2. The molecule has 178 valence electrons. The summed E-state index contributed by atoms with van der Waals surface area (Å²) in [6.45, 7) is 2.21. The van der Waals surface area contributed by atoms with Crippen LogP contribution in [0.5, 0.6) is 0 Å². The van der Waals surface area contributed by atoms with Crippen molar-refractivity contribution in [3.05, 3.63) is 89.9 Å². The number of anilines is 1. The molecular weight excluding hydrogens is 442 g/mol.